The number of nitrogen functional groups attached to an aromatic ring is 1. The zero-order chi connectivity index (χ0) is 9.84. The van der Waals surface area contributed by atoms with Crippen LogP contribution in [-0.4, -0.2) is 23.8 Å². The van der Waals surface area contributed by atoms with Gasteiger partial charge in [-0.1, -0.05) is 11.3 Å². The van der Waals surface area contributed by atoms with Gasteiger partial charge in [-0.15, -0.1) is 11.8 Å². The van der Waals surface area contributed by atoms with Crippen LogP contribution in [-0.2, 0) is 9.53 Å². The van der Waals surface area contributed by atoms with Gasteiger partial charge in [-0.05, 0) is 6.92 Å². The maximum atomic E-state index is 10.8. The van der Waals surface area contributed by atoms with Gasteiger partial charge in [-0.3, -0.25) is 4.79 Å². The lowest BCUT2D eigenvalue weighted by molar-refractivity contribution is -0.137. The number of ether oxygens (including phenoxy) is 1. The van der Waals surface area contributed by atoms with E-state index in [1.54, 1.807) is 0 Å². The fourth-order valence-corrected chi connectivity index (χ4v) is 2.58. The van der Waals surface area contributed by atoms with Gasteiger partial charge in [0.2, 0.25) is 0 Å². The zero-order valence-corrected chi connectivity index (χ0v) is 9.00. The van der Waals surface area contributed by atoms with Gasteiger partial charge < -0.3 is 10.5 Å². The number of nitrogens with zero attached hydrogens (tertiary/aromatic N) is 1. The molecule has 0 spiro atoms. The number of hydrogen-bond acceptors (Lipinski definition) is 6. The summed E-state index contributed by atoms with van der Waals surface area (Å²) in [6.07, 6.45) is 0. The van der Waals surface area contributed by atoms with E-state index in [1.165, 1.54) is 30.2 Å². The van der Waals surface area contributed by atoms with Crippen molar-refractivity contribution in [2.24, 2.45) is 0 Å². The molecule has 0 aliphatic rings. The molecule has 1 aromatic rings. The topological polar surface area (TPSA) is 65.2 Å². The molecular weight excluding hydrogens is 208 g/mol. The number of nitrogens with two attached hydrogens (primary N) is 1. The Morgan fingerprint density at radius 1 is 1.77 bits per heavy atom. The first-order chi connectivity index (χ1) is 6.13. The van der Waals surface area contributed by atoms with Gasteiger partial charge in [-0.2, -0.15) is 0 Å². The summed E-state index contributed by atoms with van der Waals surface area (Å²) in [5, 5.41) is 0.532. The molecule has 4 nitrogen and oxygen atoms in total. The minimum absolute atomic E-state index is 0.239. The van der Waals surface area contributed by atoms with E-state index in [9.17, 15) is 4.79 Å². The summed E-state index contributed by atoms with van der Waals surface area (Å²) in [5.41, 5.74) is 6.37. The molecule has 13 heavy (non-hydrogen) atoms. The van der Waals surface area contributed by atoms with Crippen LogP contribution in [0.5, 0.6) is 0 Å². The lowest BCUT2D eigenvalue weighted by Crippen LogP contribution is -2.02. The van der Waals surface area contributed by atoms with Gasteiger partial charge in [0.1, 0.15) is 0 Å². The van der Waals surface area contributed by atoms with E-state index >= 15 is 0 Å². The molecule has 0 radical (unpaired) electrons. The molecule has 0 saturated carbocycles. The highest BCUT2D eigenvalue weighted by Gasteiger charge is 2.08. The van der Waals surface area contributed by atoms with Gasteiger partial charge in [0.15, 0.2) is 5.13 Å². The Morgan fingerprint density at radius 3 is 2.92 bits per heavy atom. The fourth-order valence-electron chi connectivity index (χ4n) is 0.720. The summed E-state index contributed by atoms with van der Waals surface area (Å²) in [7, 11) is 1.37. The molecule has 0 saturated heterocycles. The average molecular weight is 218 g/mol. The van der Waals surface area contributed by atoms with Gasteiger partial charge in [0.05, 0.1) is 22.8 Å². The third kappa shape index (κ3) is 2.89. The monoisotopic (exact) mass is 218 g/mol. The first-order valence-electron chi connectivity index (χ1n) is 3.56. The Bertz CT molecular complexity index is 311. The Hall–Kier alpha value is -0.750. The molecule has 6 heteroatoms. The number of thiazole rings is 1. The minimum atomic E-state index is -0.239. The van der Waals surface area contributed by atoms with Crippen LogP contribution in [0.4, 0.5) is 5.13 Å². The van der Waals surface area contributed by atoms with E-state index in [1.807, 2.05) is 6.92 Å². The van der Waals surface area contributed by atoms with Crippen molar-refractivity contribution < 1.29 is 9.53 Å². The predicted octanol–water partition coefficient (Wildman–Crippen LogP) is 1.30. The number of anilines is 1. The van der Waals surface area contributed by atoms with Crippen LogP contribution >= 0.6 is 23.1 Å². The number of hydrogen-bond donors (Lipinski definition) is 1. The highest BCUT2D eigenvalue weighted by atomic mass is 32.2. The smallest absolute Gasteiger partial charge is 0.316 e. The normalized spacial score (nSPS) is 10.0. The Labute approximate surface area is 84.5 Å². The lowest BCUT2D eigenvalue weighted by Gasteiger charge is -1.96. The summed E-state index contributed by atoms with van der Waals surface area (Å²) >= 11 is 2.79. The van der Waals surface area contributed by atoms with Crippen LogP contribution in [0.15, 0.2) is 4.21 Å². The Morgan fingerprint density at radius 2 is 2.46 bits per heavy atom. The molecule has 2 N–H and O–H groups in total. The molecule has 0 aliphatic heterocycles. The Kier molecular flexibility index (Phi) is 3.56. The van der Waals surface area contributed by atoms with Crippen LogP contribution in [0.3, 0.4) is 0 Å². The van der Waals surface area contributed by atoms with Crippen molar-refractivity contribution in [1.82, 2.24) is 4.98 Å². The molecule has 1 heterocycles. The maximum Gasteiger partial charge on any atom is 0.316 e. The van der Waals surface area contributed by atoms with Crippen LogP contribution in [0.1, 0.15) is 5.69 Å². The van der Waals surface area contributed by atoms with Crippen molar-refractivity contribution in [3.8, 4) is 0 Å². The van der Waals surface area contributed by atoms with Crippen molar-refractivity contribution in [2.45, 2.75) is 11.1 Å². The highest BCUT2D eigenvalue weighted by molar-refractivity contribution is 8.01. The highest BCUT2D eigenvalue weighted by Crippen LogP contribution is 2.30. The largest absolute Gasteiger partial charge is 0.468 e. The number of aromatic nitrogens is 1. The van der Waals surface area contributed by atoms with Crippen LogP contribution in [0.25, 0.3) is 0 Å². The van der Waals surface area contributed by atoms with E-state index < -0.39 is 0 Å². The second kappa shape index (κ2) is 4.48. The summed E-state index contributed by atoms with van der Waals surface area (Å²) in [6.45, 7) is 1.87. The van der Waals surface area contributed by atoms with Crippen LogP contribution < -0.4 is 5.73 Å². The van der Waals surface area contributed by atoms with E-state index in [0.29, 0.717) is 10.9 Å². The number of esters is 1. The molecule has 0 bridgehead atoms. The lowest BCUT2D eigenvalue weighted by atomic mass is 10.6. The first-order valence-corrected chi connectivity index (χ1v) is 5.36. The summed E-state index contributed by atoms with van der Waals surface area (Å²) in [5.74, 6) is 0.0651. The predicted molar refractivity (Wildman–Crippen MR) is 54.0 cm³/mol. The van der Waals surface area contributed by atoms with Crippen molar-refractivity contribution in [1.29, 1.82) is 0 Å². The van der Waals surface area contributed by atoms with Gasteiger partial charge in [-0.25, -0.2) is 4.98 Å². The van der Waals surface area contributed by atoms with Gasteiger partial charge >= 0.3 is 5.97 Å². The third-order valence-electron chi connectivity index (χ3n) is 1.32. The van der Waals surface area contributed by atoms with E-state index in [4.69, 9.17) is 5.73 Å². The summed E-state index contributed by atoms with van der Waals surface area (Å²) < 4.78 is 5.49. The second-order valence-corrected chi connectivity index (χ2v) is 4.56. The second-order valence-electron chi connectivity index (χ2n) is 2.29. The van der Waals surface area contributed by atoms with Crippen molar-refractivity contribution in [2.75, 3.05) is 18.6 Å². The minimum Gasteiger partial charge on any atom is -0.468 e. The maximum absolute atomic E-state index is 10.8. The fraction of sp³-hybridized carbons (Fsp3) is 0.429. The van der Waals surface area contributed by atoms with Gasteiger partial charge in [0, 0.05) is 0 Å². The molecule has 1 rings (SSSR count). The molecule has 0 aromatic carbocycles. The van der Waals surface area contributed by atoms with Crippen LogP contribution in [0.2, 0.25) is 0 Å². The van der Waals surface area contributed by atoms with Crippen molar-refractivity contribution >= 4 is 34.2 Å². The quantitative estimate of drug-likeness (QED) is 0.612. The molecule has 0 amide bonds. The average Bonchev–Trinajstić information content (AvgIpc) is 2.41. The van der Waals surface area contributed by atoms with E-state index in [2.05, 4.69) is 9.72 Å². The number of carbonyl (C=O) groups excluding carboxylic acids is 1. The van der Waals surface area contributed by atoms with E-state index in [-0.39, 0.29) is 5.97 Å². The summed E-state index contributed by atoms with van der Waals surface area (Å²) in [6, 6.07) is 0. The molecule has 0 fully saturated rings. The van der Waals surface area contributed by atoms with E-state index in [0.717, 1.165) is 9.90 Å². The number of methoxy groups -OCH3 is 1. The van der Waals surface area contributed by atoms with Crippen molar-refractivity contribution in [3.63, 3.8) is 0 Å². The van der Waals surface area contributed by atoms with Crippen LogP contribution in [0, 0.1) is 6.92 Å². The number of aryl methyl sites for hydroxylation is 1. The first kappa shape index (κ1) is 10.3. The molecule has 1 aromatic heterocycles. The molecular formula is C7H10N2O2S2. The Balaban J connectivity index is 2.54. The molecule has 0 atom stereocenters. The van der Waals surface area contributed by atoms with Crippen molar-refractivity contribution in [3.05, 3.63) is 5.69 Å². The third-order valence-corrected chi connectivity index (χ3v) is 3.64. The molecule has 72 valence electrons. The number of rotatable bonds is 3. The number of carbonyl (C=O) groups is 1. The molecule has 0 aliphatic carbocycles. The summed E-state index contributed by atoms with van der Waals surface area (Å²) in [4.78, 5) is 14.9. The van der Waals surface area contributed by atoms with Gasteiger partial charge in [0.25, 0.3) is 0 Å². The zero-order valence-electron chi connectivity index (χ0n) is 7.36. The number of thioether (sulfide) groups is 1. The molecule has 0 unspecified atom stereocenters. The standard InChI is InChI=1S/C7H10N2O2S2/c1-4-6(13-7(8)9-4)12-3-5(10)11-2/h3H2,1-2H3,(H2,8,9). The SMILES string of the molecule is COC(=O)CSc1sc(N)nc1C.